The van der Waals surface area contributed by atoms with Gasteiger partial charge in [0.05, 0.1) is 0 Å². The lowest BCUT2D eigenvalue weighted by Crippen LogP contribution is -2.24. The fourth-order valence-electron chi connectivity index (χ4n) is 1.75. The summed E-state index contributed by atoms with van der Waals surface area (Å²) in [5.74, 6) is 5.19. The number of aryl methyl sites for hydroxylation is 1. The van der Waals surface area contributed by atoms with E-state index in [0.717, 1.165) is 16.8 Å². The van der Waals surface area contributed by atoms with Crippen molar-refractivity contribution >= 4 is 5.91 Å². The van der Waals surface area contributed by atoms with Gasteiger partial charge in [-0.05, 0) is 36.8 Å². The Kier molecular flexibility index (Phi) is 4.91. The lowest BCUT2D eigenvalue weighted by molar-refractivity contribution is -0.115. The van der Waals surface area contributed by atoms with E-state index in [1.54, 1.807) is 6.20 Å². The number of nitrogens with one attached hydrogen (secondary N) is 1. The van der Waals surface area contributed by atoms with E-state index in [-0.39, 0.29) is 5.91 Å². The van der Waals surface area contributed by atoms with E-state index >= 15 is 0 Å². The van der Waals surface area contributed by atoms with Crippen molar-refractivity contribution in [3.63, 3.8) is 0 Å². The number of benzene rings is 1. The number of carbonyl (C=O) groups is 1. The number of rotatable bonds is 3. The summed E-state index contributed by atoms with van der Waals surface area (Å²) in [6.45, 7) is 2.54. The van der Waals surface area contributed by atoms with E-state index in [0.29, 0.717) is 13.0 Å². The summed E-state index contributed by atoms with van der Waals surface area (Å²) in [6, 6.07) is 13.5. The molecule has 3 heteroatoms. The molecule has 1 heterocycles. The number of amides is 1. The van der Waals surface area contributed by atoms with Crippen LogP contribution in [-0.4, -0.2) is 17.4 Å². The molecule has 0 bridgehead atoms. The molecule has 0 spiro atoms. The fraction of sp³-hybridized carbons (Fsp3) is 0.176. The third kappa shape index (κ3) is 4.58. The van der Waals surface area contributed by atoms with E-state index in [4.69, 9.17) is 0 Å². The van der Waals surface area contributed by atoms with Crippen LogP contribution in [0.2, 0.25) is 0 Å². The molecular formula is C17H16N2O. The molecule has 20 heavy (non-hydrogen) atoms. The average Bonchev–Trinajstić information content (AvgIpc) is 2.46. The van der Waals surface area contributed by atoms with Crippen LogP contribution in [0.5, 0.6) is 0 Å². The molecule has 0 aliphatic heterocycles. The van der Waals surface area contributed by atoms with E-state index in [1.807, 2.05) is 49.4 Å². The Morgan fingerprint density at radius 3 is 2.90 bits per heavy atom. The highest BCUT2D eigenvalue weighted by atomic mass is 16.1. The highest BCUT2D eigenvalue weighted by Gasteiger charge is 1.96. The van der Waals surface area contributed by atoms with E-state index in [1.165, 1.54) is 0 Å². The van der Waals surface area contributed by atoms with Crippen molar-refractivity contribution in [3.8, 4) is 11.8 Å². The molecule has 1 aromatic heterocycles. The quantitative estimate of drug-likeness (QED) is 0.863. The molecule has 0 saturated carbocycles. The molecular weight excluding hydrogens is 248 g/mol. The summed E-state index contributed by atoms with van der Waals surface area (Å²) >= 11 is 0. The zero-order chi connectivity index (χ0) is 14.2. The Balaban J connectivity index is 1.82. The highest BCUT2D eigenvalue weighted by molar-refractivity contribution is 5.94. The van der Waals surface area contributed by atoms with Gasteiger partial charge in [-0.1, -0.05) is 24.1 Å². The van der Waals surface area contributed by atoms with Crippen molar-refractivity contribution in [2.24, 2.45) is 0 Å². The van der Waals surface area contributed by atoms with Crippen molar-refractivity contribution in [1.82, 2.24) is 10.3 Å². The van der Waals surface area contributed by atoms with E-state index < -0.39 is 0 Å². The minimum Gasteiger partial charge on any atom is -0.345 e. The zero-order valence-electron chi connectivity index (χ0n) is 11.4. The predicted octanol–water partition coefficient (Wildman–Crippen LogP) is 2.10. The van der Waals surface area contributed by atoms with Crippen molar-refractivity contribution in [3.05, 3.63) is 65.5 Å². The first-order valence-electron chi connectivity index (χ1n) is 6.50. The van der Waals surface area contributed by atoms with Crippen LogP contribution in [-0.2, 0) is 11.2 Å². The molecule has 1 N–H and O–H groups in total. The topological polar surface area (TPSA) is 42.0 Å². The van der Waals surface area contributed by atoms with Gasteiger partial charge in [-0.3, -0.25) is 9.78 Å². The molecule has 3 nitrogen and oxygen atoms in total. The standard InChI is InChI=1S/C17H16N2O/c1-14-5-4-6-15(13-14)8-9-17(20)19-12-10-16-7-2-3-11-18-16/h2-7,11,13H,10,12H2,1H3,(H,19,20). The summed E-state index contributed by atoms with van der Waals surface area (Å²) in [4.78, 5) is 15.8. The maximum atomic E-state index is 11.6. The minimum absolute atomic E-state index is 0.262. The number of aromatic nitrogens is 1. The lowest BCUT2D eigenvalue weighted by Gasteiger charge is -2.00. The molecule has 0 atom stereocenters. The normalized spacial score (nSPS) is 9.45. The van der Waals surface area contributed by atoms with Gasteiger partial charge in [0.25, 0.3) is 5.91 Å². The molecule has 0 radical (unpaired) electrons. The SMILES string of the molecule is Cc1cccc(C#CC(=O)NCCc2ccccn2)c1. The number of carbonyl (C=O) groups excluding carboxylic acids is 1. The number of nitrogens with zero attached hydrogens (tertiary/aromatic N) is 1. The molecule has 0 unspecified atom stereocenters. The number of hydrogen-bond acceptors (Lipinski definition) is 2. The second-order valence-corrected chi connectivity index (χ2v) is 4.45. The van der Waals surface area contributed by atoms with Gasteiger partial charge in [-0.2, -0.15) is 0 Å². The van der Waals surface area contributed by atoms with Crippen molar-refractivity contribution in [2.45, 2.75) is 13.3 Å². The van der Waals surface area contributed by atoms with Crippen molar-refractivity contribution in [1.29, 1.82) is 0 Å². The van der Waals surface area contributed by atoms with Crippen LogP contribution >= 0.6 is 0 Å². The van der Waals surface area contributed by atoms with Crippen molar-refractivity contribution in [2.75, 3.05) is 6.54 Å². The summed E-state index contributed by atoms with van der Waals surface area (Å²) in [7, 11) is 0. The number of hydrogen-bond donors (Lipinski definition) is 1. The second-order valence-electron chi connectivity index (χ2n) is 4.45. The van der Waals surface area contributed by atoms with Crippen molar-refractivity contribution < 1.29 is 4.79 Å². The summed E-state index contributed by atoms with van der Waals surface area (Å²) < 4.78 is 0. The third-order valence-electron chi connectivity index (χ3n) is 2.73. The predicted molar refractivity (Wildman–Crippen MR) is 79.0 cm³/mol. The van der Waals surface area contributed by atoms with Crippen LogP contribution < -0.4 is 5.32 Å². The van der Waals surface area contributed by atoms with Crippen LogP contribution in [0.3, 0.4) is 0 Å². The summed E-state index contributed by atoms with van der Waals surface area (Å²) in [5.41, 5.74) is 2.94. The molecule has 0 aliphatic rings. The molecule has 0 fully saturated rings. The highest BCUT2D eigenvalue weighted by Crippen LogP contribution is 2.01. The second kappa shape index (κ2) is 7.10. The molecule has 2 aromatic rings. The molecule has 2 rings (SSSR count). The van der Waals surface area contributed by atoms with Gasteiger partial charge in [0.2, 0.25) is 0 Å². The molecule has 100 valence electrons. The molecule has 1 amide bonds. The Bertz CT molecular complexity index is 639. The Hall–Kier alpha value is -2.60. The summed E-state index contributed by atoms with van der Waals surface area (Å²) in [6.07, 6.45) is 2.45. The Labute approximate surface area is 119 Å². The first-order valence-corrected chi connectivity index (χ1v) is 6.50. The van der Waals surface area contributed by atoms with E-state index in [9.17, 15) is 4.79 Å². The van der Waals surface area contributed by atoms with Gasteiger partial charge in [0, 0.05) is 36.3 Å². The molecule has 0 aliphatic carbocycles. The van der Waals surface area contributed by atoms with Crippen LogP contribution in [0.1, 0.15) is 16.8 Å². The fourth-order valence-corrected chi connectivity index (χ4v) is 1.75. The Morgan fingerprint density at radius 2 is 2.15 bits per heavy atom. The first kappa shape index (κ1) is 13.8. The maximum absolute atomic E-state index is 11.6. The largest absolute Gasteiger partial charge is 0.345 e. The van der Waals surface area contributed by atoms with Crippen LogP contribution in [0.4, 0.5) is 0 Å². The molecule has 0 saturated heterocycles. The van der Waals surface area contributed by atoms with Crippen LogP contribution in [0.15, 0.2) is 48.7 Å². The van der Waals surface area contributed by atoms with Gasteiger partial charge in [-0.25, -0.2) is 0 Å². The zero-order valence-corrected chi connectivity index (χ0v) is 11.4. The smallest absolute Gasteiger partial charge is 0.296 e. The first-order chi connectivity index (χ1) is 9.74. The minimum atomic E-state index is -0.262. The van der Waals surface area contributed by atoms with Gasteiger partial charge in [0.1, 0.15) is 0 Å². The summed E-state index contributed by atoms with van der Waals surface area (Å²) in [5, 5.41) is 2.76. The lowest BCUT2D eigenvalue weighted by atomic mass is 10.1. The van der Waals surface area contributed by atoms with Crippen LogP contribution in [0, 0.1) is 18.8 Å². The van der Waals surface area contributed by atoms with Gasteiger partial charge in [-0.15, -0.1) is 0 Å². The van der Waals surface area contributed by atoms with Crippen LogP contribution in [0.25, 0.3) is 0 Å². The van der Waals surface area contributed by atoms with Gasteiger partial charge >= 0.3 is 0 Å². The molecule has 1 aromatic carbocycles. The van der Waals surface area contributed by atoms with Gasteiger partial charge < -0.3 is 5.32 Å². The van der Waals surface area contributed by atoms with Gasteiger partial charge in [0.15, 0.2) is 0 Å². The number of pyridine rings is 1. The third-order valence-corrected chi connectivity index (χ3v) is 2.73. The monoisotopic (exact) mass is 264 g/mol. The maximum Gasteiger partial charge on any atom is 0.296 e. The Morgan fingerprint density at radius 1 is 1.25 bits per heavy atom. The average molecular weight is 264 g/mol. The van der Waals surface area contributed by atoms with E-state index in [2.05, 4.69) is 22.1 Å².